The molecule has 0 bridgehead atoms. The van der Waals surface area contributed by atoms with Gasteiger partial charge in [-0.1, -0.05) is 23.7 Å². The summed E-state index contributed by atoms with van der Waals surface area (Å²) in [4.78, 5) is 2.23. The van der Waals surface area contributed by atoms with Crippen molar-refractivity contribution in [3.05, 3.63) is 29.3 Å². The van der Waals surface area contributed by atoms with E-state index in [-0.39, 0.29) is 16.0 Å². The lowest BCUT2D eigenvalue weighted by Gasteiger charge is -2.38. The monoisotopic (exact) mass is 303 g/mol. The minimum atomic E-state index is -3.58. The third-order valence-electron chi connectivity index (χ3n) is 3.33. The Morgan fingerprint density at radius 3 is 2.68 bits per heavy atom. The van der Waals surface area contributed by atoms with Crippen LogP contribution in [0.2, 0.25) is 5.02 Å². The predicted octanol–water partition coefficient (Wildman–Crippen LogP) is 0.603. The third-order valence-corrected chi connectivity index (χ3v) is 5.78. The zero-order chi connectivity index (χ0) is 14.0. The molecule has 1 atom stereocenters. The standard InChI is InChI=1S/C12H18ClN3O2S/c1-15-6-7-16(10(8-14)9-15)19(17,18)12-5-3-2-4-11(12)13/h2-5,10H,6-9,14H2,1H3. The molecule has 7 heteroatoms. The summed E-state index contributed by atoms with van der Waals surface area (Å²) >= 11 is 6.00. The van der Waals surface area contributed by atoms with E-state index in [1.54, 1.807) is 18.2 Å². The van der Waals surface area contributed by atoms with Crippen molar-refractivity contribution in [2.24, 2.45) is 5.73 Å². The predicted molar refractivity (Wildman–Crippen MR) is 75.7 cm³/mol. The summed E-state index contributed by atoms with van der Waals surface area (Å²) in [5.74, 6) is 0. The fraction of sp³-hybridized carbons (Fsp3) is 0.500. The lowest BCUT2D eigenvalue weighted by atomic mass is 10.2. The molecule has 2 N–H and O–H groups in total. The van der Waals surface area contributed by atoms with E-state index in [2.05, 4.69) is 4.90 Å². The lowest BCUT2D eigenvalue weighted by molar-refractivity contribution is 0.164. The summed E-state index contributed by atoms with van der Waals surface area (Å²) in [5.41, 5.74) is 5.70. The third kappa shape index (κ3) is 2.93. The van der Waals surface area contributed by atoms with Crippen LogP contribution in [0.3, 0.4) is 0 Å². The fourth-order valence-corrected chi connectivity index (χ4v) is 4.40. The molecule has 0 radical (unpaired) electrons. The van der Waals surface area contributed by atoms with Crippen LogP contribution in [0.5, 0.6) is 0 Å². The number of benzene rings is 1. The highest BCUT2D eigenvalue weighted by molar-refractivity contribution is 7.89. The van der Waals surface area contributed by atoms with Crippen LogP contribution in [-0.2, 0) is 10.0 Å². The SMILES string of the molecule is CN1CCN(S(=O)(=O)c2ccccc2Cl)C(CN)C1. The van der Waals surface area contributed by atoms with Crippen molar-refractivity contribution in [1.29, 1.82) is 0 Å². The summed E-state index contributed by atoms with van der Waals surface area (Å²) in [5, 5.41) is 0.247. The topological polar surface area (TPSA) is 66.6 Å². The molecule has 1 aromatic carbocycles. The van der Waals surface area contributed by atoms with Crippen molar-refractivity contribution < 1.29 is 8.42 Å². The van der Waals surface area contributed by atoms with E-state index >= 15 is 0 Å². The molecule has 106 valence electrons. The fourth-order valence-electron chi connectivity index (χ4n) is 2.28. The van der Waals surface area contributed by atoms with Crippen molar-refractivity contribution in [3.63, 3.8) is 0 Å². The maximum atomic E-state index is 12.7. The first-order valence-electron chi connectivity index (χ1n) is 6.12. The second kappa shape index (κ2) is 5.76. The summed E-state index contributed by atoms with van der Waals surface area (Å²) < 4.78 is 26.8. The Kier molecular flexibility index (Phi) is 4.47. The molecule has 1 saturated heterocycles. The summed E-state index contributed by atoms with van der Waals surface area (Å²) in [6, 6.07) is 6.30. The molecule has 1 aromatic rings. The largest absolute Gasteiger partial charge is 0.329 e. The molecule has 0 spiro atoms. The molecule has 2 rings (SSSR count). The Bertz CT molecular complexity index is 550. The molecule has 0 aliphatic carbocycles. The minimum Gasteiger partial charge on any atom is -0.329 e. The number of nitrogens with zero attached hydrogens (tertiary/aromatic N) is 2. The molecule has 1 aliphatic rings. The smallest absolute Gasteiger partial charge is 0.244 e. The van der Waals surface area contributed by atoms with E-state index in [0.717, 1.165) is 0 Å². The highest BCUT2D eigenvalue weighted by atomic mass is 35.5. The Morgan fingerprint density at radius 1 is 1.37 bits per heavy atom. The van der Waals surface area contributed by atoms with Crippen LogP contribution in [0.4, 0.5) is 0 Å². The van der Waals surface area contributed by atoms with Crippen LogP contribution >= 0.6 is 11.6 Å². The summed E-state index contributed by atoms with van der Waals surface area (Å²) in [7, 11) is -1.62. The summed E-state index contributed by atoms with van der Waals surface area (Å²) in [6.45, 7) is 2.07. The number of hydrogen-bond donors (Lipinski definition) is 1. The van der Waals surface area contributed by atoms with Crippen molar-refractivity contribution in [2.75, 3.05) is 33.2 Å². The van der Waals surface area contributed by atoms with Gasteiger partial charge < -0.3 is 10.6 Å². The van der Waals surface area contributed by atoms with Crippen LogP contribution in [0.25, 0.3) is 0 Å². The molecule has 1 heterocycles. The van der Waals surface area contributed by atoms with E-state index in [1.165, 1.54) is 10.4 Å². The molecular weight excluding hydrogens is 286 g/mol. The van der Waals surface area contributed by atoms with Crippen molar-refractivity contribution in [2.45, 2.75) is 10.9 Å². The van der Waals surface area contributed by atoms with Gasteiger partial charge in [0.25, 0.3) is 0 Å². The van der Waals surface area contributed by atoms with Gasteiger partial charge in [0.05, 0.1) is 11.1 Å². The number of sulfonamides is 1. The van der Waals surface area contributed by atoms with Crippen molar-refractivity contribution in [1.82, 2.24) is 9.21 Å². The van der Waals surface area contributed by atoms with Gasteiger partial charge in [-0.2, -0.15) is 4.31 Å². The number of nitrogens with two attached hydrogens (primary N) is 1. The van der Waals surface area contributed by atoms with E-state index in [1.807, 2.05) is 7.05 Å². The van der Waals surface area contributed by atoms with Gasteiger partial charge in [0, 0.05) is 26.2 Å². The van der Waals surface area contributed by atoms with Gasteiger partial charge in [-0.25, -0.2) is 8.42 Å². The summed E-state index contributed by atoms with van der Waals surface area (Å²) in [6.07, 6.45) is 0. The first-order valence-corrected chi connectivity index (χ1v) is 7.93. The Labute approximate surface area is 119 Å². The van der Waals surface area contributed by atoms with Crippen LogP contribution in [-0.4, -0.2) is 56.9 Å². The Morgan fingerprint density at radius 2 is 2.05 bits per heavy atom. The van der Waals surface area contributed by atoms with Crippen LogP contribution in [0.15, 0.2) is 29.2 Å². The van der Waals surface area contributed by atoms with Crippen LogP contribution in [0, 0.1) is 0 Å². The van der Waals surface area contributed by atoms with Crippen LogP contribution < -0.4 is 5.73 Å². The van der Waals surface area contributed by atoms with E-state index < -0.39 is 10.0 Å². The van der Waals surface area contributed by atoms with Gasteiger partial charge in [-0.15, -0.1) is 0 Å². The van der Waals surface area contributed by atoms with Gasteiger partial charge in [0.1, 0.15) is 4.90 Å². The number of piperazine rings is 1. The molecule has 1 unspecified atom stereocenters. The second-order valence-electron chi connectivity index (χ2n) is 4.70. The van der Waals surface area contributed by atoms with Gasteiger partial charge in [-0.05, 0) is 19.2 Å². The average molecular weight is 304 g/mol. The average Bonchev–Trinajstić information content (AvgIpc) is 2.38. The molecule has 1 fully saturated rings. The molecule has 19 heavy (non-hydrogen) atoms. The minimum absolute atomic E-state index is 0.152. The van der Waals surface area contributed by atoms with Gasteiger partial charge in [0.15, 0.2) is 0 Å². The van der Waals surface area contributed by atoms with Crippen molar-refractivity contribution in [3.8, 4) is 0 Å². The van der Waals surface area contributed by atoms with E-state index in [9.17, 15) is 8.42 Å². The van der Waals surface area contributed by atoms with Gasteiger partial charge in [0.2, 0.25) is 10.0 Å². The molecule has 0 amide bonds. The van der Waals surface area contributed by atoms with Crippen molar-refractivity contribution >= 4 is 21.6 Å². The first-order chi connectivity index (χ1) is 8.96. The second-order valence-corrected chi connectivity index (χ2v) is 6.96. The zero-order valence-corrected chi connectivity index (χ0v) is 12.4. The Hall–Kier alpha value is -0.660. The molecule has 1 aliphatic heterocycles. The highest BCUT2D eigenvalue weighted by Crippen LogP contribution is 2.26. The quantitative estimate of drug-likeness (QED) is 0.888. The lowest BCUT2D eigenvalue weighted by Crippen LogP contribution is -2.56. The van der Waals surface area contributed by atoms with E-state index in [4.69, 9.17) is 17.3 Å². The van der Waals surface area contributed by atoms with Gasteiger partial charge >= 0.3 is 0 Å². The van der Waals surface area contributed by atoms with E-state index in [0.29, 0.717) is 26.2 Å². The maximum Gasteiger partial charge on any atom is 0.244 e. The van der Waals surface area contributed by atoms with Gasteiger partial charge in [-0.3, -0.25) is 0 Å². The zero-order valence-electron chi connectivity index (χ0n) is 10.8. The first kappa shape index (κ1) is 14.7. The normalized spacial score (nSPS) is 22.6. The molecule has 0 saturated carbocycles. The molecular formula is C12H18ClN3O2S. The number of halogens is 1. The Balaban J connectivity index is 2.36. The number of hydrogen-bond acceptors (Lipinski definition) is 4. The maximum absolute atomic E-state index is 12.7. The van der Waals surface area contributed by atoms with Crippen LogP contribution in [0.1, 0.15) is 0 Å². The highest BCUT2D eigenvalue weighted by Gasteiger charge is 2.35. The molecule has 5 nitrogen and oxygen atoms in total. The number of rotatable bonds is 3. The number of likely N-dealkylation sites (N-methyl/N-ethyl adjacent to an activating group) is 1. The molecule has 0 aromatic heterocycles.